The zero-order chi connectivity index (χ0) is 23.1. The van der Waals surface area contributed by atoms with Crippen LogP contribution in [0.5, 0.6) is 5.75 Å². The van der Waals surface area contributed by atoms with Crippen LogP contribution in [-0.4, -0.2) is 27.0 Å². The molecule has 168 valence electrons. The highest BCUT2D eigenvalue weighted by molar-refractivity contribution is 7.89. The molecule has 0 spiro atoms. The zero-order valence-corrected chi connectivity index (χ0v) is 19.4. The Labute approximate surface area is 193 Å². The van der Waals surface area contributed by atoms with E-state index in [1.165, 1.54) is 12.1 Å². The van der Waals surface area contributed by atoms with Crippen LogP contribution >= 0.6 is 11.6 Å². The summed E-state index contributed by atoms with van der Waals surface area (Å²) in [6.45, 7) is 4.11. The van der Waals surface area contributed by atoms with E-state index in [4.69, 9.17) is 16.3 Å². The Morgan fingerprint density at radius 1 is 1.03 bits per heavy atom. The molecular formula is C24H25ClN2O4S. The first-order chi connectivity index (χ1) is 15.3. The van der Waals surface area contributed by atoms with Crippen LogP contribution in [0.25, 0.3) is 0 Å². The molecule has 0 bridgehead atoms. The average Bonchev–Trinajstić information content (AvgIpc) is 2.75. The van der Waals surface area contributed by atoms with Crippen molar-refractivity contribution >= 4 is 33.2 Å². The number of benzene rings is 3. The van der Waals surface area contributed by atoms with Gasteiger partial charge in [0.15, 0.2) is 0 Å². The first kappa shape index (κ1) is 23.8. The Bertz CT molecular complexity index is 1180. The SMILES string of the molecule is CCOc1ccc(S(=O)(=O)N[C@H](Cc2ccccc2)C(=O)Nc2cccc(Cl)c2)cc1C. The molecule has 0 aliphatic rings. The Morgan fingerprint density at radius 3 is 2.44 bits per heavy atom. The van der Waals surface area contributed by atoms with Gasteiger partial charge in [0, 0.05) is 10.7 Å². The maximum absolute atomic E-state index is 13.1. The van der Waals surface area contributed by atoms with Gasteiger partial charge < -0.3 is 10.1 Å². The van der Waals surface area contributed by atoms with E-state index >= 15 is 0 Å². The quantitative estimate of drug-likeness (QED) is 0.477. The molecule has 0 aromatic heterocycles. The summed E-state index contributed by atoms with van der Waals surface area (Å²) in [5.74, 6) is 0.133. The van der Waals surface area contributed by atoms with Crippen LogP contribution in [0.3, 0.4) is 0 Å². The third-order valence-corrected chi connectivity index (χ3v) is 6.45. The first-order valence-corrected chi connectivity index (χ1v) is 12.0. The topological polar surface area (TPSA) is 84.5 Å². The van der Waals surface area contributed by atoms with Crippen LogP contribution in [0.4, 0.5) is 5.69 Å². The maximum atomic E-state index is 13.1. The van der Waals surface area contributed by atoms with Gasteiger partial charge in [0.1, 0.15) is 11.8 Å². The molecule has 0 aliphatic heterocycles. The molecule has 32 heavy (non-hydrogen) atoms. The molecular weight excluding hydrogens is 448 g/mol. The minimum absolute atomic E-state index is 0.0621. The summed E-state index contributed by atoms with van der Waals surface area (Å²) >= 11 is 6.00. The standard InChI is InChI=1S/C24H25ClN2O4S/c1-3-31-23-13-12-21(14-17(23)2)32(29,30)27-22(15-18-8-5-4-6-9-18)24(28)26-20-11-7-10-19(25)16-20/h4-14,16,22,27H,3,15H2,1-2H3,(H,26,28)/t22-/m1/s1. The summed E-state index contributed by atoms with van der Waals surface area (Å²) in [7, 11) is -3.97. The molecule has 2 N–H and O–H groups in total. The van der Waals surface area contributed by atoms with Crippen molar-refractivity contribution in [3.63, 3.8) is 0 Å². The van der Waals surface area contributed by atoms with E-state index in [2.05, 4.69) is 10.0 Å². The Kier molecular flexibility index (Phi) is 7.90. The Morgan fingerprint density at radius 2 is 1.78 bits per heavy atom. The van der Waals surface area contributed by atoms with Gasteiger partial charge in [-0.05, 0) is 67.8 Å². The van der Waals surface area contributed by atoms with Crippen molar-refractivity contribution in [2.24, 2.45) is 0 Å². The lowest BCUT2D eigenvalue weighted by molar-refractivity contribution is -0.117. The molecule has 3 aromatic rings. The van der Waals surface area contributed by atoms with E-state index in [-0.39, 0.29) is 11.3 Å². The number of hydrogen-bond donors (Lipinski definition) is 2. The van der Waals surface area contributed by atoms with E-state index in [9.17, 15) is 13.2 Å². The van der Waals surface area contributed by atoms with Crippen LogP contribution in [-0.2, 0) is 21.2 Å². The fourth-order valence-electron chi connectivity index (χ4n) is 3.20. The van der Waals surface area contributed by atoms with Crippen molar-refractivity contribution in [1.29, 1.82) is 0 Å². The van der Waals surface area contributed by atoms with Crippen molar-refractivity contribution in [2.45, 2.75) is 31.2 Å². The first-order valence-electron chi connectivity index (χ1n) is 10.1. The van der Waals surface area contributed by atoms with Crippen molar-refractivity contribution in [3.05, 3.63) is 88.9 Å². The summed E-state index contributed by atoms with van der Waals surface area (Å²) in [5, 5.41) is 3.21. The van der Waals surface area contributed by atoms with Crippen LogP contribution in [0.1, 0.15) is 18.1 Å². The van der Waals surface area contributed by atoms with E-state index in [1.54, 1.807) is 37.3 Å². The Hall–Kier alpha value is -2.87. The number of amides is 1. The highest BCUT2D eigenvalue weighted by Gasteiger charge is 2.27. The second kappa shape index (κ2) is 10.6. The van der Waals surface area contributed by atoms with Crippen molar-refractivity contribution in [2.75, 3.05) is 11.9 Å². The summed E-state index contributed by atoms with van der Waals surface area (Å²) in [6.07, 6.45) is 0.183. The van der Waals surface area contributed by atoms with Gasteiger partial charge >= 0.3 is 0 Å². The van der Waals surface area contributed by atoms with Crippen molar-refractivity contribution in [1.82, 2.24) is 4.72 Å². The van der Waals surface area contributed by atoms with Gasteiger partial charge in [-0.1, -0.05) is 48.0 Å². The fraction of sp³-hybridized carbons (Fsp3) is 0.208. The van der Waals surface area contributed by atoms with Gasteiger partial charge in [-0.2, -0.15) is 4.72 Å². The van der Waals surface area contributed by atoms with E-state index in [1.807, 2.05) is 37.3 Å². The molecule has 0 aliphatic carbocycles. The summed E-state index contributed by atoms with van der Waals surface area (Å²) in [4.78, 5) is 13.1. The maximum Gasteiger partial charge on any atom is 0.242 e. The summed E-state index contributed by atoms with van der Waals surface area (Å²) in [5.41, 5.74) is 2.00. The third-order valence-electron chi connectivity index (χ3n) is 4.75. The van der Waals surface area contributed by atoms with Crippen LogP contribution in [0.15, 0.2) is 77.7 Å². The number of rotatable bonds is 9. The second-order valence-electron chi connectivity index (χ2n) is 7.22. The van der Waals surface area contributed by atoms with Gasteiger partial charge in [0.25, 0.3) is 0 Å². The molecule has 0 unspecified atom stereocenters. The molecule has 0 fully saturated rings. The molecule has 3 rings (SSSR count). The lowest BCUT2D eigenvalue weighted by Gasteiger charge is -2.19. The smallest absolute Gasteiger partial charge is 0.242 e. The monoisotopic (exact) mass is 472 g/mol. The number of aryl methyl sites for hydroxylation is 1. The summed E-state index contributed by atoms with van der Waals surface area (Å²) in [6, 6.07) is 19.5. The van der Waals surface area contributed by atoms with Crippen LogP contribution < -0.4 is 14.8 Å². The molecule has 0 radical (unpaired) electrons. The average molecular weight is 473 g/mol. The van der Waals surface area contributed by atoms with Gasteiger partial charge in [-0.15, -0.1) is 0 Å². The van der Waals surface area contributed by atoms with E-state index in [0.29, 0.717) is 28.6 Å². The number of carbonyl (C=O) groups is 1. The lowest BCUT2D eigenvalue weighted by atomic mass is 10.1. The minimum atomic E-state index is -3.97. The molecule has 1 amide bonds. The number of hydrogen-bond acceptors (Lipinski definition) is 4. The minimum Gasteiger partial charge on any atom is -0.494 e. The Balaban J connectivity index is 1.87. The molecule has 8 heteroatoms. The molecule has 0 saturated carbocycles. The van der Waals surface area contributed by atoms with Gasteiger partial charge in [0.05, 0.1) is 11.5 Å². The zero-order valence-electron chi connectivity index (χ0n) is 17.8. The molecule has 6 nitrogen and oxygen atoms in total. The predicted molar refractivity (Wildman–Crippen MR) is 127 cm³/mol. The normalized spacial score (nSPS) is 12.2. The highest BCUT2D eigenvalue weighted by Crippen LogP contribution is 2.22. The molecule has 0 saturated heterocycles. The number of anilines is 1. The number of carbonyl (C=O) groups excluding carboxylic acids is 1. The van der Waals surface area contributed by atoms with Crippen LogP contribution in [0, 0.1) is 6.92 Å². The van der Waals surface area contributed by atoms with Gasteiger partial charge in [-0.25, -0.2) is 8.42 Å². The van der Waals surface area contributed by atoms with E-state index < -0.39 is 22.0 Å². The molecule has 1 atom stereocenters. The third kappa shape index (κ3) is 6.32. The van der Waals surface area contributed by atoms with Crippen molar-refractivity contribution in [3.8, 4) is 5.75 Å². The number of sulfonamides is 1. The lowest BCUT2D eigenvalue weighted by Crippen LogP contribution is -2.45. The molecule has 0 heterocycles. The van der Waals surface area contributed by atoms with Gasteiger partial charge in [0.2, 0.25) is 15.9 Å². The largest absolute Gasteiger partial charge is 0.494 e. The van der Waals surface area contributed by atoms with Crippen molar-refractivity contribution < 1.29 is 17.9 Å². The van der Waals surface area contributed by atoms with Gasteiger partial charge in [-0.3, -0.25) is 4.79 Å². The highest BCUT2D eigenvalue weighted by atomic mass is 35.5. The predicted octanol–water partition coefficient (Wildman–Crippen LogP) is 4.58. The number of halogens is 1. The van der Waals surface area contributed by atoms with Crippen LogP contribution in [0.2, 0.25) is 5.02 Å². The number of nitrogens with one attached hydrogen (secondary N) is 2. The summed E-state index contributed by atoms with van der Waals surface area (Å²) < 4.78 is 34.3. The second-order valence-corrected chi connectivity index (χ2v) is 9.37. The fourth-order valence-corrected chi connectivity index (χ4v) is 4.67. The number of ether oxygens (including phenoxy) is 1. The molecule has 3 aromatic carbocycles. The van der Waals surface area contributed by atoms with E-state index in [0.717, 1.165) is 5.56 Å².